The fourth-order valence-electron chi connectivity index (χ4n) is 2.38. The van der Waals surface area contributed by atoms with Gasteiger partial charge < -0.3 is 14.8 Å². The highest BCUT2D eigenvalue weighted by Crippen LogP contribution is 2.30. The Hall–Kier alpha value is -3.62. The molecule has 0 aliphatic heterocycles. The zero-order valence-electron chi connectivity index (χ0n) is 15.4. The Morgan fingerprint density at radius 1 is 0.967 bits per heavy atom. The van der Waals surface area contributed by atoms with Crippen molar-refractivity contribution in [3.63, 3.8) is 0 Å². The predicted octanol–water partition coefficient (Wildman–Crippen LogP) is 4.73. The Bertz CT molecular complexity index is 990. The molecule has 0 spiro atoms. The number of carbonyl (C=O) groups is 1. The van der Waals surface area contributed by atoms with Crippen molar-refractivity contribution in [1.82, 2.24) is 10.3 Å². The second-order valence-electron chi connectivity index (χ2n) is 6.15. The summed E-state index contributed by atoms with van der Waals surface area (Å²) in [6.07, 6.45) is -2.93. The summed E-state index contributed by atoms with van der Waals surface area (Å²) in [5, 5.41) is 2.63. The minimum atomic E-state index is -4.43. The molecule has 0 saturated heterocycles. The van der Waals surface area contributed by atoms with Crippen molar-refractivity contribution in [3.8, 4) is 17.4 Å². The molecule has 1 aromatic heterocycles. The number of ether oxygens (including phenoxy) is 2. The quantitative estimate of drug-likeness (QED) is 0.562. The molecule has 0 unspecified atom stereocenters. The number of nitrogens with zero attached hydrogens (tertiary/aromatic N) is 1. The van der Waals surface area contributed by atoms with Gasteiger partial charge in [0.15, 0.2) is 6.61 Å². The van der Waals surface area contributed by atoms with Crippen molar-refractivity contribution in [2.45, 2.75) is 12.7 Å². The fraction of sp³-hybridized carbons (Fsp3) is 0.143. The number of pyridine rings is 1. The fourth-order valence-corrected chi connectivity index (χ4v) is 2.38. The van der Waals surface area contributed by atoms with E-state index in [4.69, 9.17) is 9.47 Å². The van der Waals surface area contributed by atoms with Gasteiger partial charge in [0.2, 0.25) is 5.88 Å². The lowest BCUT2D eigenvalue weighted by Crippen LogP contribution is -2.28. The van der Waals surface area contributed by atoms with E-state index in [1.165, 1.54) is 30.5 Å². The number of benzene rings is 2. The highest BCUT2D eigenvalue weighted by molar-refractivity contribution is 5.77. The maximum Gasteiger partial charge on any atom is 0.416 e. The van der Waals surface area contributed by atoms with Crippen LogP contribution in [0.5, 0.6) is 17.4 Å². The zero-order valence-corrected chi connectivity index (χ0v) is 15.4. The molecule has 3 aromatic rings. The van der Waals surface area contributed by atoms with Crippen LogP contribution in [-0.2, 0) is 17.5 Å². The molecule has 5 nitrogen and oxygen atoms in total. The lowest BCUT2D eigenvalue weighted by atomic mass is 10.2. The summed E-state index contributed by atoms with van der Waals surface area (Å²) in [4.78, 5) is 16.0. The number of rotatable bonds is 7. The Morgan fingerprint density at radius 2 is 1.63 bits per heavy atom. The number of halogens is 4. The van der Waals surface area contributed by atoms with Crippen LogP contribution >= 0.6 is 0 Å². The third-order valence-corrected chi connectivity index (χ3v) is 3.88. The summed E-state index contributed by atoms with van der Waals surface area (Å²) in [7, 11) is 0. The van der Waals surface area contributed by atoms with Crippen LogP contribution in [0, 0.1) is 5.82 Å². The van der Waals surface area contributed by atoms with Crippen LogP contribution < -0.4 is 14.8 Å². The summed E-state index contributed by atoms with van der Waals surface area (Å²) in [5.74, 6) is -0.000525. The number of aromatic nitrogens is 1. The first-order valence-electron chi connectivity index (χ1n) is 8.75. The van der Waals surface area contributed by atoms with Gasteiger partial charge in [0.25, 0.3) is 5.91 Å². The zero-order chi connectivity index (χ0) is 21.6. The second-order valence-corrected chi connectivity index (χ2v) is 6.15. The largest absolute Gasteiger partial charge is 0.484 e. The topological polar surface area (TPSA) is 60.5 Å². The molecule has 3 rings (SSSR count). The van der Waals surface area contributed by atoms with Crippen LogP contribution in [0.3, 0.4) is 0 Å². The van der Waals surface area contributed by atoms with E-state index in [1.54, 1.807) is 12.1 Å². The molecule has 0 fully saturated rings. The molecule has 0 aliphatic carbocycles. The number of hydrogen-bond acceptors (Lipinski definition) is 4. The van der Waals surface area contributed by atoms with Crippen molar-refractivity contribution >= 4 is 5.91 Å². The maximum absolute atomic E-state index is 12.9. The van der Waals surface area contributed by atoms with E-state index < -0.39 is 17.6 Å². The number of alkyl halides is 3. The number of nitrogens with one attached hydrogen (secondary N) is 1. The minimum Gasteiger partial charge on any atom is -0.484 e. The van der Waals surface area contributed by atoms with Crippen molar-refractivity contribution in [1.29, 1.82) is 0 Å². The normalized spacial score (nSPS) is 11.1. The molecule has 0 bridgehead atoms. The molecule has 1 amide bonds. The van der Waals surface area contributed by atoms with Crippen molar-refractivity contribution in [2.75, 3.05) is 6.61 Å². The van der Waals surface area contributed by atoms with E-state index in [9.17, 15) is 22.4 Å². The van der Waals surface area contributed by atoms with Gasteiger partial charge in [-0.3, -0.25) is 4.79 Å². The Balaban J connectivity index is 1.48. The highest BCUT2D eigenvalue weighted by atomic mass is 19.4. The number of carbonyl (C=O) groups excluding carboxylic acids is 1. The molecule has 9 heteroatoms. The summed E-state index contributed by atoms with van der Waals surface area (Å²) >= 11 is 0. The molecule has 156 valence electrons. The van der Waals surface area contributed by atoms with Crippen LogP contribution in [0.15, 0.2) is 66.9 Å². The lowest BCUT2D eigenvalue weighted by Gasteiger charge is -2.10. The third kappa shape index (κ3) is 6.20. The first-order valence-corrected chi connectivity index (χ1v) is 8.75. The van der Waals surface area contributed by atoms with Gasteiger partial charge in [-0.1, -0.05) is 0 Å². The molecule has 1 heterocycles. The van der Waals surface area contributed by atoms with E-state index in [0.717, 1.165) is 24.3 Å². The molecular formula is C21H16F4N2O3. The Labute approximate surface area is 169 Å². The van der Waals surface area contributed by atoms with Crippen LogP contribution in [0.25, 0.3) is 0 Å². The Kier molecular flexibility index (Phi) is 6.51. The van der Waals surface area contributed by atoms with Gasteiger partial charge in [-0.2, -0.15) is 13.2 Å². The first kappa shape index (κ1) is 21.1. The number of amides is 1. The summed E-state index contributed by atoms with van der Waals surface area (Å²) in [5.41, 5.74) is -0.0966. The minimum absolute atomic E-state index is 0.150. The lowest BCUT2D eigenvalue weighted by molar-refractivity contribution is -0.137. The summed E-state index contributed by atoms with van der Waals surface area (Å²) in [6.45, 7) is -0.188. The molecule has 30 heavy (non-hydrogen) atoms. The van der Waals surface area contributed by atoms with E-state index in [-0.39, 0.29) is 30.6 Å². The molecule has 1 N–H and O–H groups in total. The summed E-state index contributed by atoms with van der Waals surface area (Å²) < 4.78 is 61.2. The predicted molar refractivity (Wildman–Crippen MR) is 99.5 cm³/mol. The van der Waals surface area contributed by atoms with Gasteiger partial charge in [0.05, 0.1) is 5.56 Å². The van der Waals surface area contributed by atoms with Crippen molar-refractivity contribution < 1.29 is 31.8 Å². The standard InChI is InChI=1S/C21H16F4N2O3/c22-16-3-7-18(8-4-16)30-20-11-14(9-10-26-20)12-27-19(28)13-29-17-5-1-15(2-6-17)21(23,24)25/h1-11H,12-13H2,(H,27,28). The Morgan fingerprint density at radius 3 is 2.30 bits per heavy atom. The molecular weight excluding hydrogens is 404 g/mol. The monoisotopic (exact) mass is 420 g/mol. The molecule has 0 aliphatic rings. The van der Waals surface area contributed by atoms with E-state index >= 15 is 0 Å². The van der Waals surface area contributed by atoms with Crippen LogP contribution in [-0.4, -0.2) is 17.5 Å². The molecule has 0 atom stereocenters. The van der Waals surface area contributed by atoms with Crippen molar-refractivity contribution in [2.24, 2.45) is 0 Å². The van der Waals surface area contributed by atoms with Gasteiger partial charge in [-0.05, 0) is 60.2 Å². The maximum atomic E-state index is 12.9. The molecule has 0 saturated carbocycles. The molecule has 0 radical (unpaired) electrons. The average Bonchev–Trinajstić information content (AvgIpc) is 2.72. The summed E-state index contributed by atoms with van der Waals surface area (Å²) in [6, 6.07) is 12.8. The first-order chi connectivity index (χ1) is 14.3. The van der Waals surface area contributed by atoms with Crippen LogP contribution in [0.1, 0.15) is 11.1 Å². The second kappa shape index (κ2) is 9.25. The smallest absolute Gasteiger partial charge is 0.416 e. The van der Waals surface area contributed by atoms with Gasteiger partial charge >= 0.3 is 6.18 Å². The van der Waals surface area contributed by atoms with E-state index in [1.807, 2.05) is 0 Å². The van der Waals surface area contributed by atoms with Gasteiger partial charge in [0.1, 0.15) is 17.3 Å². The van der Waals surface area contributed by atoms with Gasteiger partial charge in [0, 0.05) is 18.8 Å². The van der Waals surface area contributed by atoms with Crippen LogP contribution in [0.4, 0.5) is 17.6 Å². The van der Waals surface area contributed by atoms with Gasteiger partial charge in [-0.25, -0.2) is 9.37 Å². The average molecular weight is 420 g/mol. The van der Waals surface area contributed by atoms with E-state index in [0.29, 0.717) is 11.3 Å². The SMILES string of the molecule is O=C(COc1ccc(C(F)(F)F)cc1)NCc1ccnc(Oc2ccc(F)cc2)c1. The molecule has 2 aromatic carbocycles. The number of hydrogen-bond donors (Lipinski definition) is 1. The van der Waals surface area contributed by atoms with Crippen LogP contribution in [0.2, 0.25) is 0 Å². The third-order valence-electron chi connectivity index (χ3n) is 3.88. The highest BCUT2D eigenvalue weighted by Gasteiger charge is 2.30. The van der Waals surface area contributed by atoms with Crippen molar-refractivity contribution in [3.05, 3.63) is 83.8 Å². The van der Waals surface area contributed by atoms with Gasteiger partial charge in [-0.15, -0.1) is 0 Å². The van der Waals surface area contributed by atoms with E-state index in [2.05, 4.69) is 10.3 Å².